The molecule has 1 N–H and O–H groups in total. The molecule has 0 spiro atoms. The fourth-order valence-electron chi connectivity index (χ4n) is 3.94. The summed E-state index contributed by atoms with van der Waals surface area (Å²) in [5, 5.41) is 10.3. The van der Waals surface area contributed by atoms with Gasteiger partial charge >= 0.3 is 12.1 Å². The van der Waals surface area contributed by atoms with E-state index >= 15 is 0 Å². The fraction of sp³-hybridized carbons (Fsp3) is 0.360. The standard InChI is InChI=1S/C25H25F3N2O6/c1-3-34-24(33)15-4-6-16(7-5-15)35-22-20(32)17-8-9-19(31)18(14-30-12-10-29(2)11-13-30)21(17)36-23(22)25(26,27)28/h4-9,31H,3,10-14H2,1-2H3. The second-order valence-electron chi connectivity index (χ2n) is 8.45. The molecule has 1 aromatic heterocycles. The van der Waals surface area contributed by atoms with Crippen molar-refractivity contribution in [2.24, 2.45) is 0 Å². The zero-order valence-electron chi connectivity index (χ0n) is 19.7. The predicted molar refractivity (Wildman–Crippen MR) is 124 cm³/mol. The number of piperazine rings is 1. The van der Waals surface area contributed by atoms with Gasteiger partial charge < -0.3 is 23.9 Å². The molecule has 1 aliphatic heterocycles. The molecule has 192 valence electrons. The first kappa shape index (κ1) is 25.5. The Hall–Kier alpha value is -3.57. The Morgan fingerprint density at radius 3 is 2.36 bits per heavy atom. The van der Waals surface area contributed by atoms with E-state index < -0.39 is 29.1 Å². The van der Waals surface area contributed by atoms with E-state index in [9.17, 15) is 27.9 Å². The molecule has 1 aliphatic rings. The minimum atomic E-state index is -5.05. The Morgan fingerprint density at radius 1 is 1.08 bits per heavy atom. The van der Waals surface area contributed by atoms with E-state index in [2.05, 4.69) is 4.90 Å². The average molecular weight is 506 g/mol. The van der Waals surface area contributed by atoms with Gasteiger partial charge in [-0.3, -0.25) is 9.69 Å². The molecule has 4 rings (SSSR count). The van der Waals surface area contributed by atoms with Crippen molar-refractivity contribution in [3.63, 3.8) is 0 Å². The van der Waals surface area contributed by atoms with Crippen molar-refractivity contribution in [2.45, 2.75) is 19.6 Å². The monoisotopic (exact) mass is 506 g/mol. The van der Waals surface area contributed by atoms with Crippen molar-refractivity contribution in [3.8, 4) is 17.2 Å². The first-order valence-corrected chi connectivity index (χ1v) is 11.3. The van der Waals surface area contributed by atoms with Crippen molar-refractivity contribution >= 4 is 16.9 Å². The van der Waals surface area contributed by atoms with Crippen LogP contribution in [0, 0.1) is 0 Å². The number of hydrogen-bond donors (Lipinski definition) is 1. The van der Waals surface area contributed by atoms with Gasteiger partial charge in [0.05, 0.1) is 23.1 Å². The van der Waals surface area contributed by atoms with Gasteiger partial charge in [0.1, 0.15) is 17.1 Å². The number of ether oxygens (including phenoxy) is 2. The van der Waals surface area contributed by atoms with Crippen molar-refractivity contribution in [2.75, 3.05) is 39.8 Å². The predicted octanol–water partition coefficient (Wildman–Crippen LogP) is 4.23. The van der Waals surface area contributed by atoms with E-state index in [1.165, 1.54) is 36.4 Å². The van der Waals surface area contributed by atoms with E-state index in [1.807, 2.05) is 11.9 Å². The molecule has 0 saturated carbocycles. The van der Waals surface area contributed by atoms with Gasteiger partial charge in [0.2, 0.25) is 11.2 Å². The van der Waals surface area contributed by atoms with Gasteiger partial charge in [-0.05, 0) is 50.4 Å². The third-order valence-electron chi connectivity index (χ3n) is 5.92. The largest absolute Gasteiger partial charge is 0.507 e. The molecule has 36 heavy (non-hydrogen) atoms. The van der Waals surface area contributed by atoms with Crippen LogP contribution in [0.25, 0.3) is 11.0 Å². The van der Waals surface area contributed by atoms with Gasteiger partial charge in [0.25, 0.3) is 5.76 Å². The maximum Gasteiger partial charge on any atom is 0.453 e. The molecule has 8 nitrogen and oxygen atoms in total. The summed E-state index contributed by atoms with van der Waals surface area (Å²) in [5.74, 6) is -3.61. The van der Waals surface area contributed by atoms with Gasteiger partial charge in [-0.25, -0.2) is 4.79 Å². The molecule has 1 saturated heterocycles. The number of phenolic OH excluding ortho intramolecular Hbond substituents is 1. The number of nitrogens with zero attached hydrogens (tertiary/aromatic N) is 2. The second-order valence-corrected chi connectivity index (χ2v) is 8.45. The molecule has 2 aromatic carbocycles. The van der Waals surface area contributed by atoms with Crippen molar-refractivity contribution in [3.05, 3.63) is 63.5 Å². The summed E-state index contributed by atoms with van der Waals surface area (Å²) in [6, 6.07) is 7.61. The average Bonchev–Trinajstić information content (AvgIpc) is 2.83. The number of carbonyl (C=O) groups excluding carboxylic acids is 1. The lowest BCUT2D eigenvalue weighted by molar-refractivity contribution is -0.154. The number of halogens is 3. The van der Waals surface area contributed by atoms with Gasteiger partial charge in [0, 0.05) is 32.7 Å². The third-order valence-corrected chi connectivity index (χ3v) is 5.92. The van der Waals surface area contributed by atoms with Crippen LogP contribution in [0.3, 0.4) is 0 Å². The van der Waals surface area contributed by atoms with E-state index in [4.69, 9.17) is 13.9 Å². The van der Waals surface area contributed by atoms with Crippen molar-refractivity contribution in [1.29, 1.82) is 0 Å². The molecule has 0 atom stereocenters. The Morgan fingerprint density at radius 2 is 1.75 bits per heavy atom. The highest BCUT2D eigenvalue weighted by Crippen LogP contribution is 2.40. The zero-order valence-corrected chi connectivity index (χ0v) is 19.7. The normalized spacial score (nSPS) is 15.2. The summed E-state index contributed by atoms with van der Waals surface area (Å²) in [6.07, 6.45) is -5.05. The summed E-state index contributed by atoms with van der Waals surface area (Å²) >= 11 is 0. The molecule has 11 heteroatoms. The lowest BCUT2D eigenvalue weighted by Gasteiger charge is -2.32. The summed E-state index contributed by atoms with van der Waals surface area (Å²) in [7, 11) is 1.97. The Balaban J connectivity index is 1.76. The number of rotatable bonds is 6. The van der Waals surface area contributed by atoms with Crippen LogP contribution in [0.1, 0.15) is 28.6 Å². The molecule has 0 aliphatic carbocycles. The molecular weight excluding hydrogens is 481 g/mol. The van der Waals surface area contributed by atoms with Crippen molar-refractivity contribution < 1.29 is 37.0 Å². The molecule has 0 unspecified atom stereocenters. The Bertz CT molecular complexity index is 1310. The number of likely N-dealkylation sites (N-methyl/N-ethyl adjacent to an activating group) is 1. The van der Waals surface area contributed by atoms with Crippen molar-refractivity contribution in [1.82, 2.24) is 9.80 Å². The number of phenols is 1. The van der Waals surface area contributed by atoms with E-state index in [0.29, 0.717) is 13.1 Å². The Labute approximate surface area is 204 Å². The topological polar surface area (TPSA) is 92.5 Å². The fourth-order valence-corrected chi connectivity index (χ4v) is 3.94. The highest BCUT2D eigenvalue weighted by atomic mass is 19.4. The van der Waals surface area contributed by atoms with Crippen LogP contribution in [0.15, 0.2) is 45.6 Å². The maximum absolute atomic E-state index is 14.0. The molecule has 1 fully saturated rings. The summed E-state index contributed by atoms with van der Waals surface area (Å²) in [5.41, 5.74) is -1.09. The number of esters is 1. The van der Waals surface area contributed by atoms with Crippen LogP contribution in [0.2, 0.25) is 0 Å². The van der Waals surface area contributed by atoms with Gasteiger partial charge in [-0.15, -0.1) is 0 Å². The first-order chi connectivity index (χ1) is 17.1. The second kappa shape index (κ2) is 10.2. The summed E-state index contributed by atoms with van der Waals surface area (Å²) < 4.78 is 57.5. The third kappa shape index (κ3) is 5.31. The molecule has 3 aromatic rings. The first-order valence-electron chi connectivity index (χ1n) is 11.3. The summed E-state index contributed by atoms with van der Waals surface area (Å²) in [6.45, 7) is 4.73. The van der Waals surface area contributed by atoms with Gasteiger partial charge in [-0.2, -0.15) is 13.2 Å². The van der Waals surface area contributed by atoms with Crippen LogP contribution in [-0.2, 0) is 17.5 Å². The number of benzene rings is 2. The van der Waals surface area contributed by atoms with Crippen LogP contribution in [-0.4, -0.2) is 60.7 Å². The molecule has 0 amide bonds. The van der Waals surface area contributed by atoms with E-state index in [0.717, 1.165) is 13.1 Å². The highest BCUT2D eigenvalue weighted by Gasteiger charge is 2.41. The zero-order chi connectivity index (χ0) is 26.0. The minimum Gasteiger partial charge on any atom is -0.507 e. The number of carbonyl (C=O) groups is 1. The number of hydrogen-bond acceptors (Lipinski definition) is 8. The smallest absolute Gasteiger partial charge is 0.453 e. The van der Waals surface area contributed by atoms with E-state index in [1.54, 1.807) is 6.92 Å². The van der Waals surface area contributed by atoms with Crippen LogP contribution in [0.4, 0.5) is 13.2 Å². The van der Waals surface area contributed by atoms with Crippen LogP contribution in [0.5, 0.6) is 17.2 Å². The lowest BCUT2D eigenvalue weighted by Crippen LogP contribution is -2.43. The van der Waals surface area contributed by atoms with Crippen LogP contribution >= 0.6 is 0 Å². The van der Waals surface area contributed by atoms with Gasteiger partial charge in [-0.1, -0.05) is 0 Å². The van der Waals surface area contributed by atoms with Crippen LogP contribution < -0.4 is 10.2 Å². The SMILES string of the molecule is CCOC(=O)c1ccc(Oc2c(C(F)(F)F)oc3c(CN4CCN(C)CC4)c(O)ccc3c2=O)cc1. The molecule has 0 bridgehead atoms. The lowest BCUT2D eigenvalue weighted by atomic mass is 10.1. The number of fused-ring (bicyclic) bond motifs is 1. The molecule has 2 heterocycles. The molecule has 0 radical (unpaired) electrons. The Kier molecular flexibility index (Phi) is 7.23. The highest BCUT2D eigenvalue weighted by molar-refractivity contribution is 5.89. The number of aromatic hydroxyl groups is 1. The molecular formula is C25H25F3N2O6. The minimum absolute atomic E-state index is 0.100. The van der Waals surface area contributed by atoms with E-state index in [-0.39, 0.29) is 46.7 Å². The maximum atomic E-state index is 14.0. The quantitative estimate of drug-likeness (QED) is 0.497. The number of alkyl halides is 3. The summed E-state index contributed by atoms with van der Waals surface area (Å²) in [4.78, 5) is 29.1. The van der Waals surface area contributed by atoms with Gasteiger partial charge in [0.15, 0.2) is 0 Å².